The molecule has 1 aromatic heterocycles. The minimum Gasteiger partial charge on any atom is -0.494 e. The van der Waals surface area contributed by atoms with Crippen LogP contribution in [0.3, 0.4) is 0 Å². The van der Waals surface area contributed by atoms with E-state index in [9.17, 15) is 4.79 Å². The molecule has 0 spiro atoms. The summed E-state index contributed by atoms with van der Waals surface area (Å²) in [7, 11) is 3.99. The van der Waals surface area contributed by atoms with Crippen LogP contribution in [0.5, 0.6) is 5.75 Å². The van der Waals surface area contributed by atoms with E-state index in [0.717, 1.165) is 28.1 Å². The molecule has 0 unspecified atom stereocenters. The molecule has 2 aromatic carbocycles. The van der Waals surface area contributed by atoms with E-state index < -0.39 is 0 Å². The molecule has 0 saturated carbocycles. The van der Waals surface area contributed by atoms with Gasteiger partial charge < -0.3 is 9.64 Å². The fraction of sp³-hybridized carbons (Fsp3) is 0.273. The number of aromatic nitrogens is 1. The van der Waals surface area contributed by atoms with E-state index in [0.29, 0.717) is 18.3 Å². The molecule has 0 bridgehead atoms. The average molecular weight is 396 g/mol. The maximum Gasteiger partial charge on any atom is 0.252 e. The van der Waals surface area contributed by atoms with Gasteiger partial charge in [0.15, 0.2) is 5.13 Å². The first-order valence-electron chi connectivity index (χ1n) is 9.29. The van der Waals surface area contributed by atoms with E-state index in [1.54, 1.807) is 11.0 Å². The summed E-state index contributed by atoms with van der Waals surface area (Å²) in [6.07, 6.45) is 3.45. The molecule has 0 aliphatic carbocycles. The maximum absolute atomic E-state index is 12.9. The van der Waals surface area contributed by atoms with Crippen LogP contribution in [0.4, 0.5) is 5.13 Å². The third kappa shape index (κ3) is 5.18. The van der Waals surface area contributed by atoms with Gasteiger partial charge in [-0.1, -0.05) is 41.7 Å². The molecule has 146 valence electrons. The van der Waals surface area contributed by atoms with Crippen molar-refractivity contribution in [1.82, 2.24) is 9.88 Å². The molecule has 0 saturated heterocycles. The van der Waals surface area contributed by atoms with Gasteiger partial charge in [0.1, 0.15) is 5.75 Å². The zero-order chi connectivity index (χ0) is 19.9. The molecule has 6 heteroatoms. The summed E-state index contributed by atoms with van der Waals surface area (Å²) in [6.45, 7) is 3.91. The maximum atomic E-state index is 12.9. The molecule has 0 radical (unpaired) electrons. The number of nitrogens with zero attached hydrogens (tertiary/aromatic N) is 3. The first-order chi connectivity index (χ1) is 13.6. The fourth-order valence-electron chi connectivity index (χ4n) is 2.69. The van der Waals surface area contributed by atoms with Gasteiger partial charge in [-0.05, 0) is 50.9 Å². The van der Waals surface area contributed by atoms with Crippen LogP contribution in [-0.4, -0.2) is 49.6 Å². The standard InChI is InChI=1S/C22H25N3O2S/c1-4-27-18-11-12-19-20(16-18)28-22(23-19)25(15-14-24(2)3)21(26)13-10-17-8-6-5-7-9-17/h5-13,16H,4,14-15H2,1-3H3. The first kappa shape index (κ1) is 20.0. The van der Waals surface area contributed by atoms with Crippen LogP contribution in [0.2, 0.25) is 0 Å². The Bertz CT molecular complexity index is 951. The van der Waals surface area contributed by atoms with E-state index in [-0.39, 0.29) is 5.91 Å². The second-order valence-electron chi connectivity index (χ2n) is 6.60. The van der Waals surface area contributed by atoms with Crippen LogP contribution in [0, 0.1) is 0 Å². The van der Waals surface area contributed by atoms with Crippen LogP contribution in [-0.2, 0) is 4.79 Å². The molecule has 5 nitrogen and oxygen atoms in total. The third-order valence-electron chi connectivity index (χ3n) is 4.15. The Balaban J connectivity index is 1.87. The molecule has 0 N–H and O–H groups in total. The van der Waals surface area contributed by atoms with Gasteiger partial charge in [0.2, 0.25) is 0 Å². The van der Waals surface area contributed by atoms with Gasteiger partial charge in [-0.15, -0.1) is 0 Å². The number of anilines is 1. The smallest absolute Gasteiger partial charge is 0.252 e. The zero-order valence-corrected chi connectivity index (χ0v) is 17.3. The van der Waals surface area contributed by atoms with Crippen molar-refractivity contribution in [2.45, 2.75) is 6.92 Å². The van der Waals surface area contributed by atoms with Crippen LogP contribution < -0.4 is 9.64 Å². The molecule has 0 atom stereocenters. The van der Waals surface area contributed by atoms with Gasteiger partial charge in [0, 0.05) is 19.2 Å². The highest BCUT2D eigenvalue weighted by Crippen LogP contribution is 2.31. The number of hydrogen-bond acceptors (Lipinski definition) is 5. The monoisotopic (exact) mass is 395 g/mol. The third-order valence-corrected chi connectivity index (χ3v) is 5.19. The van der Waals surface area contributed by atoms with Crippen molar-refractivity contribution in [2.75, 3.05) is 38.7 Å². The highest BCUT2D eigenvalue weighted by atomic mass is 32.1. The lowest BCUT2D eigenvalue weighted by Gasteiger charge is -2.20. The topological polar surface area (TPSA) is 45.7 Å². The number of thiazole rings is 1. The molecular formula is C22H25N3O2S. The second-order valence-corrected chi connectivity index (χ2v) is 7.61. The highest BCUT2D eigenvalue weighted by molar-refractivity contribution is 7.22. The van der Waals surface area contributed by atoms with Crippen LogP contribution in [0.15, 0.2) is 54.6 Å². The van der Waals surface area contributed by atoms with Crippen LogP contribution in [0.1, 0.15) is 12.5 Å². The minimum atomic E-state index is -0.0743. The number of benzene rings is 2. The molecule has 28 heavy (non-hydrogen) atoms. The molecule has 0 fully saturated rings. The summed E-state index contributed by atoms with van der Waals surface area (Å²) in [5.41, 5.74) is 1.87. The Morgan fingerprint density at radius 1 is 1.14 bits per heavy atom. The zero-order valence-electron chi connectivity index (χ0n) is 16.5. The Labute approximate surface area is 169 Å². The molecule has 3 rings (SSSR count). The lowest BCUT2D eigenvalue weighted by molar-refractivity contribution is -0.114. The molecular weight excluding hydrogens is 370 g/mol. The number of carbonyl (C=O) groups excluding carboxylic acids is 1. The first-order valence-corrected chi connectivity index (χ1v) is 10.1. The summed E-state index contributed by atoms with van der Waals surface area (Å²) in [5.74, 6) is 0.745. The van der Waals surface area contributed by atoms with Crippen molar-refractivity contribution in [1.29, 1.82) is 0 Å². The van der Waals surface area contributed by atoms with Crippen molar-refractivity contribution >= 4 is 38.7 Å². The van der Waals surface area contributed by atoms with Crippen molar-refractivity contribution in [3.05, 3.63) is 60.2 Å². The van der Waals surface area contributed by atoms with Crippen molar-refractivity contribution in [2.24, 2.45) is 0 Å². The van der Waals surface area contributed by atoms with Crippen molar-refractivity contribution in [3.8, 4) is 5.75 Å². The molecule has 0 aliphatic heterocycles. The normalized spacial score (nSPS) is 11.4. The number of rotatable bonds is 8. The van der Waals surface area contributed by atoms with E-state index in [1.807, 2.05) is 75.6 Å². The molecule has 3 aromatic rings. The largest absolute Gasteiger partial charge is 0.494 e. The van der Waals surface area contributed by atoms with Gasteiger partial charge in [0.05, 0.1) is 16.8 Å². The van der Waals surface area contributed by atoms with E-state index in [4.69, 9.17) is 4.74 Å². The average Bonchev–Trinajstić information content (AvgIpc) is 3.10. The van der Waals surface area contributed by atoms with Gasteiger partial charge in [-0.2, -0.15) is 0 Å². The Hall–Kier alpha value is -2.70. The van der Waals surface area contributed by atoms with Gasteiger partial charge in [0.25, 0.3) is 5.91 Å². The number of likely N-dealkylation sites (N-methyl/N-ethyl adjacent to an activating group) is 1. The number of carbonyl (C=O) groups is 1. The van der Waals surface area contributed by atoms with Crippen molar-refractivity contribution in [3.63, 3.8) is 0 Å². The molecule has 1 heterocycles. The summed E-state index contributed by atoms with van der Waals surface area (Å²) in [5, 5.41) is 0.702. The SMILES string of the molecule is CCOc1ccc2nc(N(CCN(C)C)C(=O)C=Cc3ccccc3)sc2c1. The van der Waals surface area contributed by atoms with Gasteiger partial charge in [-0.3, -0.25) is 9.69 Å². The molecule has 0 aliphatic rings. The van der Waals surface area contributed by atoms with Crippen LogP contribution >= 0.6 is 11.3 Å². The lowest BCUT2D eigenvalue weighted by atomic mass is 10.2. The summed E-state index contributed by atoms with van der Waals surface area (Å²) >= 11 is 1.51. The van der Waals surface area contributed by atoms with Gasteiger partial charge >= 0.3 is 0 Å². The fourth-order valence-corrected chi connectivity index (χ4v) is 3.71. The second kappa shape index (κ2) is 9.48. The van der Waals surface area contributed by atoms with Crippen LogP contribution in [0.25, 0.3) is 16.3 Å². The number of amides is 1. The summed E-state index contributed by atoms with van der Waals surface area (Å²) < 4.78 is 6.59. The van der Waals surface area contributed by atoms with E-state index in [1.165, 1.54) is 11.3 Å². The number of ether oxygens (including phenoxy) is 1. The minimum absolute atomic E-state index is 0.0743. The Morgan fingerprint density at radius 2 is 1.93 bits per heavy atom. The summed E-state index contributed by atoms with van der Waals surface area (Å²) in [4.78, 5) is 21.4. The number of fused-ring (bicyclic) bond motifs is 1. The quantitative estimate of drug-likeness (QED) is 0.534. The highest BCUT2D eigenvalue weighted by Gasteiger charge is 2.18. The van der Waals surface area contributed by atoms with Crippen molar-refractivity contribution < 1.29 is 9.53 Å². The van der Waals surface area contributed by atoms with Gasteiger partial charge in [-0.25, -0.2) is 4.98 Å². The van der Waals surface area contributed by atoms with E-state index in [2.05, 4.69) is 9.88 Å². The molecule has 1 amide bonds. The predicted octanol–water partition coefficient (Wildman–Crippen LogP) is 4.30. The lowest BCUT2D eigenvalue weighted by Crippen LogP contribution is -2.35. The Morgan fingerprint density at radius 3 is 2.64 bits per heavy atom. The number of hydrogen-bond donors (Lipinski definition) is 0. The van der Waals surface area contributed by atoms with E-state index >= 15 is 0 Å². The summed E-state index contributed by atoms with van der Waals surface area (Å²) in [6, 6.07) is 15.6. The predicted molar refractivity (Wildman–Crippen MR) is 117 cm³/mol. The Kier molecular flexibility index (Phi) is 6.79.